The van der Waals surface area contributed by atoms with Crippen LogP contribution in [0.1, 0.15) is 25.1 Å². The first-order valence-electron chi connectivity index (χ1n) is 8.98. The third-order valence-electron chi connectivity index (χ3n) is 4.23. The number of aryl methyl sites for hydroxylation is 1. The summed E-state index contributed by atoms with van der Waals surface area (Å²) in [5, 5.41) is 10.7. The summed E-state index contributed by atoms with van der Waals surface area (Å²) in [6, 6.07) is 8.85. The Bertz CT molecular complexity index is 730. The van der Waals surface area contributed by atoms with Gasteiger partial charge in [-0.15, -0.1) is 0 Å². The normalized spacial score (nSPS) is 17.6. The third kappa shape index (κ3) is 5.20. The summed E-state index contributed by atoms with van der Waals surface area (Å²) in [6.07, 6.45) is 1.73. The second-order valence-electron chi connectivity index (χ2n) is 6.30. The quantitative estimate of drug-likeness (QED) is 0.552. The Hall–Kier alpha value is -2.09. The van der Waals surface area contributed by atoms with Gasteiger partial charge in [-0.05, 0) is 44.5 Å². The van der Waals surface area contributed by atoms with E-state index in [9.17, 15) is 0 Å². The van der Waals surface area contributed by atoms with Crippen LogP contribution >= 0.6 is 15.9 Å². The van der Waals surface area contributed by atoms with E-state index in [1.807, 2.05) is 6.92 Å². The maximum Gasteiger partial charge on any atom is 0.228 e. The minimum Gasteiger partial charge on any atom is -0.369 e. The van der Waals surface area contributed by atoms with Crippen LogP contribution in [0.2, 0.25) is 0 Å². The van der Waals surface area contributed by atoms with Crippen molar-refractivity contribution < 1.29 is 4.52 Å². The minimum atomic E-state index is 0.377. The summed E-state index contributed by atoms with van der Waals surface area (Å²) in [4.78, 5) is 11.2. The van der Waals surface area contributed by atoms with E-state index in [1.54, 1.807) is 0 Å². The highest BCUT2D eigenvalue weighted by atomic mass is 79.9. The minimum absolute atomic E-state index is 0.377. The monoisotopic (exact) mass is 420 g/mol. The van der Waals surface area contributed by atoms with Crippen molar-refractivity contribution in [2.45, 2.75) is 32.7 Å². The van der Waals surface area contributed by atoms with E-state index in [4.69, 9.17) is 4.52 Å². The molecule has 1 fully saturated rings. The van der Waals surface area contributed by atoms with Gasteiger partial charge < -0.3 is 20.1 Å². The SMILES string of the molecule is CCNC(=NCCc1nc(C)no1)NC1CCN(c2ccc(Br)cc2)C1. The largest absolute Gasteiger partial charge is 0.369 e. The first-order valence-corrected chi connectivity index (χ1v) is 9.78. The molecule has 0 radical (unpaired) electrons. The van der Waals surface area contributed by atoms with Crippen molar-refractivity contribution in [2.24, 2.45) is 4.99 Å². The number of halogens is 1. The predicted molar refractivity (Wildman–Crippen MR) is 107 cm³/mol. The standard InChI is InChI=1S/C18H25BrN6O/c1-3-20-18(21-10-8-17-22-13(2)24-26-17)23-15-9-11-25(12-15)16-6-4-14(19)5-7-16/h4-7,15H,3,8-12H2,1-2H3,(H2,20,21,23). The van der Waals surface area contributed by atoms with Crippen LogP contribution in [-0.4, -0.2) is 48.3 Å². The topological polar surface area (TPSA) is 78.6 Å². The van der Waals surface area contributed by atoms with Crippen LogP contribution in [0.15, 0.2) is 38.3 Å². The molecule has 7 nitrogen and oxygen atoms in total. The molecule has 8 heteroatoms. The Kier molecular flexibility index (Phi) is 6.49. The van der Waals surface area contributed by atoms with E-state index in [1.165, 1.54) is 5.69 Å². The molecule has 1 atom stereocenters. The van der Waals surface area contributed by atoms with Gasteiger partial charge in [0.05, 0.1) is 6.54 Å². The molecule has 1 aliphatic rings. The molecule has 0 saturated carbocycles. The Morgan fingerprint density at radius 3 is 2.88 bits per heavy atom. The number of hydrogen-bond donors (Lipinski definition) is 2. The third-order valence-corrected chi connectivity index (χ3v) is 4.76. The highest BCUT2D eigenvalue weighted by molar-refractivity contribution is 9.10. The Morgan fingerprint density at radius 1 is 1.38 bits per heavy atom. The van der Waals surface area contributed by atoms with Gasteiger partial charge in [-0.1, -0.05) is 21.1 Å². The molecule has 1 aromatic carbocycles. The summed E-state index contributed by atoms with van der Waals surface area (Å²) >= 11 is 3.49. The Labute approximate surface area is 162 Å². The molecule has 0 bridgehead atoms. The van der Waals surface area contributed by atoms with E-state index in [-0.39, 0.29) is 0 Å². The average molecular weight is 421 g/mol. The zero-order valence-corrected chi connectivity index (χ0v) is 16.8. The first kappa shape index (κ1) is 18.7. The molecule has 2 aromatic rings. The second-order valence-corrected chi connectivity index (χ2v) is 7.21. The number of guanidine groups is 1. The van der Waals surface area contributed by atoms with Gasteiger partial charge in [-0.3, -0.25) is 4.99 Å². The molecular weight excluding hydrogens is 396 g/mol. The molecule has 2 heterocycles. The van der Waals surface area contributed by atoms with Gasteiger partial charge in [0, 0.05) is 42.3 Å². The number of benzene rings is 1. The van der Waals surface area contributed by atoms with Crippen molar-refractivity contribution in [1.29, 1.82) is 0 Å². The van der Waals surface area contributed by atoms with Crippen molar-refractivity contribution in [1.82, 2.24) is 20.8 Å². The van der Waals surface area contributed by atoms with Gasteiger partial charge in [0.1, 0.15) is 0 Å². The lowest BCUT2D eigenvalue weighted by Gasteiger charge is -2.20. The van der Waals surface area contributed by atoms with Crippen LogP contribution in [0.4, 0.5) is 5.69 Å². The number of aliphatic imine (C=N–C) groups is 1. The zero-order valence-electron chi connectivity index (χ0n) is 15.2. The molecule has 140 valence electrons. The van der Waals surface area contributed by atoms with E-state index in [0.717, 1.165) is 36.5 Å². The van der Waals surface area contributed by atoms with Crippen LogP contribution in [-0.2, 0) is 6.42 Å². The fourth-order valence-electron chi connectivity index (χ4n) is 2.98. The predicted octanol–water partition coefficient (Wildman–Crippen LogP) is 2.52. The lowest BCUT2D eigenvalue weighted by Crippen LogP contribution is -2.44. The molecule has 26 heavy (non-hydrogen) atoms. The highest BCUT2D eigenvalue weighted by Gasteiger charge is 2.23. The van der Waals surface area contributed by atoms with Crippen LogP contribution in [0, 0.1) is 6.92 Å². The van der Waals surface area contributed by atoms with Gasteiger partial charge in [0.2, 0.25) is 5.89 Å². The maximum absolute atomic E-state index is 5.13. The fraction of sp³-hybridized carbons (Fsp3) is 0.500. The average Bonchev–Trinajstić information content (AvgIpc) is 3.25. The summed E-state index contributed by atoms with van der Waals surface area (Å²) in [5.41, 5.74) is 1.26. The summed E-state index contributed by atoms with van der Waals surface area (Å²) in [5.74, 6) is 2.13. The van der Waals surface area contributed by atoms with Gasteiger partial charge in [-0.25, -0.2) is 0 Å². The summed E-state index contributed by atoms with van der Waals surface area (Å²) in [7, 11) is 0. The Balaban J connectivity index is 1.52. The zero-order chi connectivity index (χ0) is 18.4. The van der Waals surface area contributed by atoms with Crippen molar-refractivity contribution in [3.05, 3.63) is 40.5 Å². The molecule has 1 aromatic heterocycles. The van der Waals surface area contributed by atoms with Gasteiger partial charge >= 0.3 is 0 Å². The molecule has 1 saturated heterocycles. The number of nitrogens with one attached hydrogen (secondary N) is 2. The smallest absolute Gasteiger partial charge is 0.228 e. The molecule has 2 N–H and O–H groups in total. The number of anilines is 1. The lowest BCUT2D eigenvalue weighted by molar-refractivity contribution is 0.376. The second kappa shape index (κ2) is 9.02. The van der Waals surface area contributed by atoms with Gasteiger partial charge in [-0.2, -0.15) is 4.98 Å². The van der Waals surface area contributed by atoms with Crippen LogP contribution < -0.4 is 15.5 Å². The van der Waals surface area contributed by atoms with Crippen LogP contribution in [0.25, 0.3) is 0 Å². The molecule has 1 aliphatic heterocycles. The van der Waals surface area contributed by atoms with E-state index >= 15 is 0 Å². The highest BCUT2D eigenvalue weighted by Crippen LogP contribution is 2.22. The number of nitrogens with zero attached hydrogens (tertiary/aromatic N) is 4. The van der Waals surface area contributed by atoms with E-state index < -0.39 is 0 Å². The maximum atomic E-state index is 5.13. The number of hydrogen-bond acceptors (Lipinski definition) is 5. The van der Waals surface area contributed by atoms with Gasteiger partial charge in [0.15, 0.2) is 11.8 Å². The first-order chi connectivity index (χ1) is 12.6. The van der Waals surface area contributed by atoms with Crippen molar-refractivity contribution >= 4 is 27.6 Å². The molecule has 0 amide bonds. The number of aromatic nitrogens is 2. The molecule has 0 aliphatic carbocycles. The summed E-state index contributed by atoms with van der Waals surface area (Å²) < 4.78 is 6.23. The van der Waals surface area contributed by atoms with E-state index in [0.29, 0.717) is 30.7 Å². The molecule has 1 unspecified atom stereocenters. The van der Waals surface area contributed by atoms with Crippen molar-refractivity contribution in [3.63, 3.8) is 0 Å². The molecule has 0 spiro atoms. The van der Waals surface area contributed by atoms with Crippen LogP contribution in [0.5, 0.6) is 0 Å². The summed E-state index contributed by atoms with van der Waals surface area (Å²) in [6.45, 7) is 7.34. The molecule has 3 rings (SSSR count). The fourth-order valence-corrected chi connectivity index (χ4v) is 3.25. The number of rotatable bonds is 6. The lowest BCUT2D eigenvalue weighted by atomic mass is 10.3. The van der Waals surface area contributed by atoms with Crippen LogP contribution in [0.3, 0.4) is 0 Å². The van der Waals surface area contributed by atoms with Crippen molar-refractivity contribution in [2.75, 3.05) is 31.1 Å². The molecular formula is C18H25BrN6O. The van der Waals surface area contributed by atoms with Crippen molar-refractivity contribution in [3.8, 4) is 0 Å². The van der Waals surface area contributed by atoms with Gasteiger partial charge in [0.25, 0.3) is 0 Å². The van der Waals surface area contributed by atoms with E-state index in [2.05, 4.69) is 77.8 Å². The Morgan fingerprint density at radius 2 is 2.19 bits per heavy atom.